The van der Waals surface area contributed by atoms with Crippen LogP contribution in [0.5, 0.6) is 0 Å². The molecule has 2 unspecified atom stereocenters. The molecule has 1 rings (SSSR count). The Morgan fingerprint density at radius 1 is 0.639 bits per heavy atom. The molecule has 1 heterocycles. The van der Waals surface area contributed by atoms with Crippen molar-refractivity contribution in [1.82, 2.24) is 24.9 Å². The highest BCUT2D eigenvalue weighted by atomic mass is 16.4. The number of carboxylic acid groups (broad SMARTS) is 4. The molecule has 0 saturated carbocycles. The molecule has 2 atom stereocenters. The van der Waals surface area contributed by atoms with Crippen molar-refractivity contribution in [1.29, 1.82) is 0 Å². The first-order valence-electron chi connectivity index (χ1n) is 11.9. The molecule has 0 spiro atoms. The molecule has 1 aliphatic rings. The summed E-state index contributed by atoms with van der Waals surface area (Å²) in [6.07, 6.45) is 0. The summed E-state index contributed by atoms with van der Waals surface area (Å²) in [6, 6.07) is -1.82. The lowest BCUT2D eigenvalue weighted by atomic mass is 10.0. The Morgan fingerprint density at radius 2 is 0.972 bits per heavy atom. The van der Waals surface area contributed by atoms with E-state index in [9.17, 15) is 44.4 Å². The van der Waals surface area contributed by atoms with Crippen molar-refractivity contribution in [3.05, 3.63) is 0 Å². The highest BCUT2D eigenvalue weighted by molar-refractivity contribution is 5.86. The number of hydrogen-bond donors (Lipinski definition) is 5. The second kappa shape index (κ2) is 15.3. The maximum absolute atomic E-state index is 12.9. The minimum absolute atomic E-state index is 0.258. The zero-order valence-corrected chi connectivity index (χ0v) is 21.1. The predicted octanol–water partition coefficient (Wildman–Crippen LogP) is -1.92. The van der Waals surface area contributed by atoms with Gasteiger partial charge in [-0.05, 0) is 12.8 Å². The normalized spacial score (nSPS) is 19.6. The number of nitrogens with zero attached hydrogens (tertiary/aromatic N) is 4. The highest BCUT2D eigenvalue weighted by Crippen LogP contribution is 2.08. The van der Waals surface area contributed by atoms with Crippen LogP contribution in [0.3, 0.4) is 0 Å². The minimum atomic E-state index is -1.15. The molecule has 14 heteroatoms. The van der Waals surface area contributed by atoms with Crippen molar-refractivity contribution in [2.75, 3.05) is 72.0 Å². The van der Waals surface area contributed by atoms with Crippen molar-refractivity contribution >= 4 is 29.8 Å². The number of hydrogen-bond acceptors (Lipinski definition) is 9. The van der Waals surface area contributed by atoms with Gasteiger partial charge in [0.15, 0.2) is 0 Å². The Morgan fingerprint density at radius 3 is 1.25 bits per heavy atom. The molecule has 0 aliphatic carbocycles. The van der Waals surface area contributed by atoms with Crippen LogP contribution < -0.4 is 5.32 Å². The number of nitrogens with one attached hydrogen (secondary N) is 1. The van der Waals surface area contributed by atoms with E-state index in [-0.39, 0.29) is 77.9 Å². The third-order valence-corrected chi connectivity index (χ3v) is 6.11. The van der Waals surface area contributed by atoms with Gasteiger partial charge in [-0.3, -0.25) is 38.8 Å². The fourth-order valence-electron chi connectivity index (χ4n) is 3.94. The van der Waals surface area contributed by atoms with E-state index in [1.807, 2.05) is 0 Å². The number of amides is 1. The van der Waals surface area contributed by atoms with E-state index in [4.69, 9.17) is 0 Å². The van der Waals surface area contributed by atoms with E-state index in [0.717, 1.165) is 0 Å². The van der Waals surface area contributed by atoms with Gasteiger partial charge in [-0.25, -0.2) is 4.79 Å². The molecule has 14 nitrogen and oxygen atoms in total. The lowest BCUT2D eigenvalue weighted by molar-refractivity contribution is -0.144. The molecule has 0 aromatic rings. The number of carbonyl (C=O) groups is 5. The lowest BCUT2D eigenvalue weighted by Gasteiger charge is -2.35. The quantitative estimate of drug-likeness (QED) is 0.204. The number of carboxylic acids is 4. The molecule has 0 aromatic carbocycles. The first kappa shape index (κ1) is 31.2. The van der Waals surface area contributed by atoms with E-state index in [2.05, 4.69) is 5.32 Å². The highest BCUT2D eigenvalue weighted by Gasteiger charge is 2.29. The van der Waals surface area contributed by atoms with Gasteiger partial charge in [0, 0.05) is 52.4 Å². The summed E-state index contributed by atoms with van der Waals surface area (Å²) in [5.41, 5.74) is 0. The van der Waals surface area contributed by atoms with E-state index in [1.165, 1.54) is 0 Å². The minimum Gasteiger partial charge on any atom is -0.480 e. The Kier molecular flexibility index (Phi) is 13.3. The van der Waals surface area contributed by atoms with Gasteiger partial charge in [0.2, 0.25) is 5.91 Å². The molecule has 1 aliphatic heterocycles. The molecule has 0 bridgehead atoms. The molecule has 1 fully saturated rings. The number of aliphatic carboxylic acids is 4. The molecular weight excluding hydrogens is 478 g/mol. The molecule has 0 radical (unpaired) electrons. The SMILES string of the molecule is CC(C)C(NC(=O)C(C)N1CCN(CC(=O)O)CCN(CC(=O)O)CCN(CC(=O)O)CC1)C(=O)O. The van der Waals surface area contributed by atoms with Crippen LogP contribution in [0.25, 0.3) is 0 Å². The summed E-state index contributed by atoms with van der Waals surface area (Å²) in [5, 5.41) is 39.8. The van der Waals surface area contributed by atoms with Gasteiger partial charge >= 0.3 is 23.9 Å². The van der Waals surface area contributed by atoms with Crippen molar-refractivity contribution in [2.45, 2.75) is 32.9 Å². The van der Waals surface area contributed by atoms with Gasteiger partial charge in [-0.1, -0.05) is 13.8 Å². The van der Waals surface area contributed by atoms with Crippen molar-refractivity contribution in [2.24, 2.45) is 5.92 Å². The van der Waals surface area contributed by atoms with Crippen LogP contribution in [-0.4, -0.2) is 154 Å². The molecule has 5 N–H and O–H groups in total. The second-order valence-corrected chi connectivity index (χ2v) is 9.29. The van der Waals surface area contributed by atoms with Gasteiger partial charge < -0.3 is 25.7 Å². The molecule has 36 heavy (non-hydrogen) atoms. The van der Waals surface area contributed by atoms with Crippen LogP contribution in [0.4, 0.5) is 0 Å². The van der Waals surface area contributed by atoms with E-state index in [1.54, 1.807) is 40.4 Å². The van der Waals surface area contributed by atoms with Crippen molar-refractivity contribution in [3.63, 3.8) is 0 Å². The smallest absolute Gasteiger partial charge is 0.326 e. The van der Waals surface area contributed by atoms with Crippen LogP contribution in [0.15, 0.2) is 0 Å². The summed E-state index contributed by atoms with van der Waals surface area (Å²) in [7, 11) is 0. The number of carbonyl (C=O) groups excluding carboxylic acids is 1. The number of rotatable bonds is 11. The summed E-state index contributed by atoms with van der Waals surface area (Å²) in [6.45, 7) is 6.31. The van der Waals surface area contributed by atoms with Gasteiger partial charge in [0.25, 0.3) is 0 Å². The predicted molar refractivity (Wildman–Crippen MR) is 128 cm³/mol. The fraction of sp³-hybridized carbons (Fsp3) is 0.773. The summed E-state index contributed by atoms with van der Waals surface area (Å²) >= 11 is 0. The first-order valence-corrected chi connectivity index (χ1v) is 11.9. The molecule has 206 valence electrons. The Labute approximate surface area is 210 Å². The average molecular weight is 518 g/mol. The Bertz CT molecular complexity index is 747. The average Bonchev–Trinajstić information content (AvgIpc) is 2.75. The lowest BCUT2D eigenvalue weighted by Crippen LogP contribution is -2.55. The zero-order chi connectivity index (χ0) is 27.4. The van der Waals surface area contributed by atoms with Crippen LogP contribution in [-0.2, 0) is 24.0 Å². The maximum atomic E-state index is 12.9. The summed E-state index contributed by atoms with van der Waals surface area (Å²) in [4.78, 5) is 65.2. The summed E-state index contributed by atoms with van der Waals surface area (Å²) < 4.78 is 0. The van der Waals surface area contributed by atoms with E-state index in [0.29, 0.717) is 0 Å². The molecule has 0 aromatic heterocycles. The zero-order valence-electron chi connectivity index (χ0n) is 21.1. The van der Waals surface area contributed by atoms with Crippen LogP contribution in [0.2, 0.25) is 0 Å². The van der Waals surface area contributed by atoms with Gasteiger partial charge in [0.05, 0.1) is 25.7 Å². The third kappa shape index (κ3) is 11.7. The van der Waals surface area contributed by atoms with E-state index >= 15 is 0 Å². The Balaban J connectivity index is 3.10. The monoisotopic (exact) mass is 517 g/mol. The van der Waals surface area contributed by atoms with Gasteiger partial charge in [-0.15, -0.1) is 0 Å². The maximum Gasteiger partial charge on any atom is 0.326 e. The van der Waals surface area contributed by atoms with Crippen LogP contribution in [0, 0.1) is 5.92 Å². The van der Waals surface area contributed by atoms with Crippen molar-refractivity contribution in [3.8, 4) is 0 Å². The largest absolute Gasteiger partial charge is 0.480 e. The first-order chi connectivity index (χ1) is 16.8. The topological polar surface area (TPSA) is 191 Å². The second-order valence-electron chi connectivity index (χ2n) is 9.29. The summed E-state index contributed by atoms with van der Waals surface area (Å²) in [5.74, 6) is -5.11. The van der Waals surface area contributed by atoms with Crippen LogP contribution >= 0.6 is 0 Å². The van der Waals surface area contributed by atoms with Crippen molar-refractivity contribution < 1.29 is 44.4 Å². The Hall–Kier alpha value is -2.81. The molecule has 1 amide bonds. The standard InChI is InChI=1S/C22H39N5O9/c1-15(2)20(22(35)36)23-21(34)16(3)27-10-8-25(13-18(30)31)6-4-24(12-17(28)29)5-7-26(9-11-27)14-19(32)33/h15-16,20H,4-14H2,1-3H3,(H,23,34)(H,28,29)(H,30,31)(H,32,33)(H,35,36). The van der Waals surface area contributed by atoms with E-state index < -0.39 is 41.9 Å². The molecule has 1 saturated heterocycles. The van der Waals surface area contributed by atoms with Crippen LogP contribution in [0.1, 0.15) is 20.8 Å². The molecular formula is C22H39N5O9. The van der Waals surface area contributed by atoms with Gasteiger partial charge in [0.1, 0.15) is 6.04 Å². The third-order valence-electron chi connectivity index (χ3n) is 6.11. The van der Waals surface area contributed by atoms with Gasteiger partial charge in [-0.2, -0.15) is 0 Å². The fourth-order valence-corrected chi connectivity index (χ4v) is 3.94.